The van der Waals surface area contributed by atoms with Gasteiger partial charge in [0.15, 0.2) is 5.78 Å². The van der Waals surface area contributed by atoms with E-state index < -0.39 is 12.4 Å². The van der Waals surface area contributed by atoms with Crippen LogP contribution in [0.1, 0.15) is 15.9 Å². The summed E-state index contributed by atoms with van der Waals surface area (Å²) in [7, 11) is 1.52. The van der Waals surface area contributed by atoms with E-state index in [1.165, 1.54) is 7.11 Å². The molecule has 0 bridgehead atoms. The lowest BCUT2D eigenvalue weighted by molar-refractivity contribution is 0.0899. The highest BCUT2D eigenvalue weighted by atomic mass is 16.5. The van der Waals surface area contributed by atoms with Gasteiger partial charge in [-0.05, 0) is 23.8 Å². The zero-order valence-electron chi connectivity index (χ0n) is 11.2. The minimum absolute atomic E-state index is 0.322. The third-order valence-electron chi connectivity index (χ3n) is 2.87. The van der Waals surface area contributed by atoms with Crippen molar-refractivity contribution in [1.82, 2.24) is 0 Å². The summed E-state index contributed by atoms with van der Waals surface area (Å²) < 4.78 is 10.7. The molecule has 0 aliphatic carbocycles. The number of ketones is 1. The second kappa shape index (κ2) is 6.73. The molecule has 0 saturated heterocycles. The smallest absolute Gasteiger partial charge is 0.192 e. The molecule has 0 amide bonds. The van der Waals surface area contributed by atoms with Crippen LogP contribution in [-0.2, 0) is 6.61 Å². The maximum absolute atomic E-state index is 11.7. The van der Waals surface area contributed by atoms with Crippen LogP contribution >= 0.6 is 0 Å². The molecule has 0 aliphatic rings. The third kappa shape index (κ3) is 3.36. The third-order valence-corrected chi connectivity index (χ3v) is 2.87. The number of rotatable bonds is 6. The van der Waals surface area contributed by atoms with Gasteiger partial charge in [-0.2, -0.15) is 0 Å². The summed E-state index contributed by atoms with van der Waals surface area (Å²) in [6.07, 6.45) is 0. The molecular weight excluding hydrogens is 256 g/mol. The Morgan fingerprint density at radius 1 is 1.15 bits per heavy atom. The monoisotopic (exact) mass is 272 g/mol. The topological polar surface area (TPSA) is 55.8 Å². The molecule has 0 unspecified atom stereocenters. The van der Waals surface area contributed by atoms with Crippen LogP contribution in [0.2, 0.25) is 0 Å². The number of carbonyl (C=O) groups is 1. The second-order valence-electron chi connectivity index (χ2n) is 4.22. The van der Waals surface area contributed by atoms with Gasteiger partial charge in [0.25, 0.3) is 0 Å². The standard InChI is InChI=1S/C16H16O4/c1-19-13-7-8-16(14(9-13)15(18)10-17)20-11-12-5-3-2-4-6-12/h2-9,17H,10-11H2,1H3. The Hall–Kier alpha value is -2.33. The molecule has 1 N–H and O–H groups in total. The van der Waals surface area contributed by atoms with Crippen molar-refractivity contribution in [3.8, 4) is 11.5 Å². The van der Waals surface area contributed by atoms with Crippen molar-refractivity contribution in [3.63, 3.8) is 0 Å². The molecule has 2 aromatic rings. The molecular formula is C16H16O4. The average Bonchev–Trinajstić information content (AvgIpc) is 2.53. The predicted molar refractivity (Wildman–Crippen MR) is 75.2 cm³/mol. The molecule has 0 aromatic heterocycles. The Labute approximate surface area is 117 Å². The lowest BCUT2D eigenvalue weighted by Crippen LogP contribution is -2.08. The van der Waals surface area contributed by atoms with E-state index in [1.54, 1.807) is 18.2 Å². The highest BCUT2D eigenvalue weighted by Gasteiger charge is 2.13. The van der Waals surface area contributed by atoms with E-state index in [0.29, 0.717) is 23.7 Å². The fourth-order valence-corrected chi connectivity index (χ4v) is 1.80. The molecule has 4 heteroatoms. The van der Waals surface area contributed by atoms with E-state index in [2.05, 4.69) is 0 Å². The first-order chi connectivity index (χ1) is 9.74. The molecule has 2 aromatic carbocycles. The normalized spacial score (nSPS) is 10.1. The van der Waals surface area contributed by atoms with E-state index in [4.69, 9.17) is 14.6 Å². The first-order valence-electron chi connectivity index (χ1n) is 6.23. The molecule has 0 radical (unpaired) electrons. The van der Waals surface area contributed by atoms with Crippen molar-refractivity contribution in [2.75, 3.05) is 13.7 Å². The van der Waals surface area contributed by atoms with Gasteiger partial charge in [0.05, 0.1) is 12.7 Å². The van der Waals surface area contributed by atoms with Gasteiger partial charge in [0.2, 0.25) is 0 Å². The summed E-state index contributed by atoms with van der Waals surface area (Å²) >= 11 is 0. The van der Waals surface area contributed by atoms with Crippen molar-refractivity contribution >= 4 is 5.78 Å². The lowest BCUT2D eigenvalue weighted by atomic mass is 10.1. The van der Waals surface area contributed by atoms with Crippen molar-refractivity contribution in [2.24, 2.45) is 0 Å². The second-order valence-corrected chi connectivity index (χ2v) is 4.22. The number of benzene rings is 2. The van der Waals surface area contributed by atoms with Crippen molar-refractivity contribution in [2.45, 2.75) is 6.61 Å². The SMILES string of the molecule is COc1ccc(OCc2ccccc2)c(C(=O)CO)c1. The number of methoxy groups -OCH3 is 1. The van der Waals surface area contributed by atoms with Crippen LogP contribution in [0.3, 0.4) is 0 Å². The molecule has 20 heavy (non-hydrogen) atoms. The van der Waals surface area contributed by atoms with Crippen molar-refractivity contribution in [1.29, 1.82) is 0 Å². The zero-order chi connectivity index (χ0) is 14.4. The quantitative estimate of drug-likeness (QED) is 0.821. The van der Waals surface area contributed by atoms with E-state index >= 15 is 0 Å². The van der Waals surface area contributed by atoms with Gasteiger partial charge in [-0.25, -0.2) is 0 Å². The predicted octanol–water partition coefficient (Wildman–Crippen LogP) is 2.45. The summed E-state index contributed by atoms with van der Waals surface area (Å²) in [4.78, 5) is 11.7. The molecule has 4 nitrogen and oxygen atoms in total. The number of aliphatic hydroxyl groups excluding tert-OH is 1. The largest absolute Gasteiger partial charge is 0.497 e. The first-order valence-corrected chi connectivity index (χ1v) is 6.23. The minimum atomic E-state index is -0.561. The van der Waals surface area contributed by atoms with Crippen LogP contribution in [0.25, 0.3) is 0 Å². The van der Waals surface area contributed by atoms with Gasteiger partial charge >= 0.3 is 0 Å². The Bertz CT molecular complexity index is 578. The summed E-state index contributed by atoms with van der Waals surface area (Å²) in [6.45, 7) is -0.201. The molecule has 0 saturated carbocycles. The van der Waals surface area contributed by atoms with Crippen molar-refractivity contribution < 1.29 is 19.4 Å². The molecule has 0 atom stereocenters. The molecule has 104 valence electrons. The summed E-state index contributed by atoms with van der Waals surface area (Å²) in [5, 5.41) is 9.02. The zero-order valence-corrected chi connectivity index (χ0v) is 11.2. The van der Waals surface area contributed by atoms with E-state index in [9.17, 15) is 4.79 Å². The van der Waals surface area contributed by atoms with Crippen LogP contribution in [0.4, 0.5) is 0 Å². The minimum Gasteiger partial charge on any atom is -0.497 e. The van der Waals surface area contributed by atoms with E-state index in [0.717, 1.165) is 5.56 Å². The molecule has 0 heterocycles. The first kappa shape index (κ1) is 14.1. The van der Waals surface area contributed by atoms with Crippen molar-refractivity contribution in [3.05, 3.63) is 59.7 Å². The number of aliphatic hydroxyl groups is 1. The van der Waals surface area contributed by atoms with Crippen LogP contribution in [0.15, 0.2) is 48.5 Å². The van der Waals surface area contributed by atoms with E-state index in [1.807, 2.05) is 30.3 Å². The molecule has 2 rings (SSSR count). The highest BCUT2D eigenvalue weighted by Crippen LogP contribution is 2.25. The highest BCUT2D eigenvalue weighted by molar-refractivity contribution is 5.99. The van der Waals surface area contributed by atoms with E-state index in [-0.39, 0.29) is 0 Å². The summed E-state index contributed by atoms with van der Waals surface area (Å²) in [5.74, 6) is 0.592. The van der Waals surface area contributed by atoms with Gasteiger partial charge in [-0.1, -0.05) is 30.3 Å². The van der Waals surface area contributed by atoms with Gasteiger partial charge in [0.1, 0.15) is 24.7 Å². The lowest BCUT2D eigenvalue weighted by Gasteiger charge is -2.11. The van der Waals surface area contributed by atoms with Crippen LogP contribution < -0.4 is 9.47 Å². The Balaban J connectivity index is 2.20. The number of Topliss-reactive ketones (excluding diaryl/α,β-unsaturated/α-hetero) is 1. The van der Waals surface area contributed by atoms with Gasteiger partial charge in [-0.3, -0.25) is 4.79 Å². The number of hydrogen-bond donors (Lipinski definition) is 1. The maximum Gasteiger partial charge on any atom is 0.192 e. The van der Waals surface area contributed by atoms with Gasteiger partial charge < -0.3 is 14.6 Å². The fraction of sp³-hybridized carbons (Fsp3) is 0.188. The summed E-state index contributed by atoms with van der Waals surface area (Å²) in [5.41, 5.74) is 1.33. The molecule has 0 aliphatic heterocycles. The van der Waals surface area contributed by atoms with Gasteiger partial charge in [0, 0.05) is 0 Å². The Morgan fingerprint density at radius 3 is 2.55 bits per heavy atom. The Kier molecular flexibility index (Phi) is 4.74. The fourth-order valence-electron chi connectivity index (χ4n) is 1.80. The van der Waals surface area contributed by atoms with Crippen LogP contribution in [-0.4, -0.2) is 24.6 Å². The van der Waals surface area contributed by atoms with Gasteiger partial charge in [-0.15, -0.1) is 0 Å². The Morgan fingerprint density at radius 2 is 1.90 bits per heavy atom. The van der Waals surface area contributed by atoms with Crippen LogP contribution in [0, 0.1) is 0 Å². The maximum atomic E-state index is 11.7. The average molecular weight is 272 g/mol. The number of ether oxygens (including phenoxy) is 2. The van der Waals surface area contributed by atoms with Crippen LogP contribution in [0.5, 0.6) is 11.5 Å². The number of carbonyl (C=O) groups excluding carboxylic acids is 1. The number of hydrogen-bond acceptors (Lipinski definition) is 4. The molecule has 0 fully saturated rings. The summed E-state index contributed by atoms with van der Waals surface area (Å²) in [6, 6.07) is 14.6. The molecule has 0 spiro atoms.